The fourth-order valence-corrected chi connectivity index (χ4v) is 4.70. The molecule has 0 aliphatic carbocycles. The molecule has 1 nitrogen and oxygen atoms in total. The molecule has 0 heterocycles. The molecule has 0 spiro atoms. The molecule has 0 amide bonds. The zero-order valence-corrected chi connectivity index (χ0v) is 19.0. The molecule has 0 aliphatic rings. The highest BCUT2D eigenvalue weighted by Crippen LogP contribution is 2.28. The van der Waals surface area contributed by atoms with Gasteiger partial charge in [-0.05, 0) is 12.1 Å². The predicted octanol–water partition coefficient (Wildman–Crippen LogP) is 4.86. The Morgan fingerprint density at radius 3 is 0.732 bits per heavy atom. The van der Waals surface area contributed by atoms with Crippen molar-refractivity contribution in [3.8, 4) is 5.75 Å². The molecule has 0 unspecified atom stereocenters. The van der Waals surface area contributed by atoms with E-state index >= 15 is 26.3 Å². The Kier molecular flexibility index (Phi) is 7.21. The third-order valence-corrected chi connectivity index (χ3v) is 6.42. The second-order valence-electron chi connectivity index (χ2n) is 8.41. The van der Waals surface area contributed by atoms with Crippen molar-refractivity contribution in [3.05, 3.63) is 112 Å². The molecule has 216 valence electrons. The minimum Gasteiger partial charge on any atom is -0.508 e. The third-order valence-electron chi connectivity index (χ3n) is 6.42. The summed E-state index contributed by atoms with van der Waals surface area (Å²) in [6.07, 6.45) is -5.84. The van der Waals surface area contributed by atoms with Crippen molar-refractivity contribution < 1.29 is 71.0 Å². The lowest BCUT2D eigenvalue weighted by Crippen LogP contribution is -2.79. The summed E-state index contributed by atoms with van der Waals surface area (Å²) < 4.78 is 220. The zero-order chi connectivity index (χ0) is 30.9. The van der Waals surface area contributed by atoms with Gasteiger partial charge < -0.3 is 5.11 Å². The van der Waals surface area contributed by atoms with E-state index in [0.717, 1.165) is 0 Å². The Morgan fingerprint density at radius 1 is 0.317 bits per heavy atom. The van der Waals surface area contributed by atoms with Crippen LogP contribution in [0.1, 0.15) is 0 Å². The molecule has 0 atom stereocenters. The standard InChI is InChI=1S/C24H5BF15O/c26-10-7(11(27)17(33)22(38)16(10)32)25(5-1-3-6(41)4-2-5,8-12(28)18(34)23(39)19(35)13(8)29)9-14(30)20(36)24(40)21(37)15(9)31/h1-4,41H/q-1. The Hall–Kier alpha value is -4.31. The van der Waals surface area contributed by atoms with Crippen LogP contribution in [-0.4, -0.2) is 11.3 Å². The molecule has 0 saturated carbocycles. The molecule has 4 rings (SSSR count). The van der Waals surface area contributed by atoms with Crippen LogP contribution in [0.2, 0.25) is 0 Å². The smallest absolute Gasteiger partial charge is 0.200 e. The van der Waals surface area contributed by atoms with E-state index in [1.54, 1.807) is 0 Å². The average Bonchev–Trinajstić information content (AvgIpc) is 2.95. The molecule has 41 heavy (non-hydrogen) atoms. The van der Waals surface area contributed by atoms with Crippen LogP contribution in [0.25, 0.3) is 0 Å². The third kappa shape index (κ3) is 3.92. The van der Waals surface area contributed by atoms with Gasteiger partial charge in [-0.1, -0.05) is 12.1 Å². The highest BCUT2D eigenvalue weighted by molar-refractivity contribution is 7.20. The predicted molar refractivity (Wildman–Crippen MR) is 111 cm³/mol. The summed E-state index contributed by atoms with van der Waals surface area (Å²) in [4.78, 5) is 0. The molecule has 0 fully saturated rings. The molecule has 0 aromatic heterocycles. The molecular weight excluding hydrogens is 600 g/mol. The topological polar surface area (TPSA) is 20.2 Å². The van der Waals surface area contributed by atoms with Crippen molar-refractivity contribution in [3.63, 3.8) is 0 Å². The highest BCUT2D eigenvalue weighted by Gasteiger charge is 2.48. The number of hydrogen-bond acceptors (Lipinski definition) is 1. The van der Waals surface area contributed by atoms with E-state index in [1.165, 1.54) is 0 Å². The number of phenolic OH excluding ortho intramolecular Hbond substituents is 1. The maximum atomic E-state index is 15.4. The van der Waals surface area contributed by atoms with Crippen LogP contribution in [-0.2, 0) is 0 Å². The molecule has 1 N–H and O–H groups in total. The highest BCUT2D eigenvalue weighted by atomic mass is 19.2. The molecule has 4 aromatic carbocycles. The number of halogens is 15. The minimum atomic E-state index is -5.84. The van der Waals surface area contributed by atoms with E-state index < -0.39 is 121 Å². The zero-order valence-electron chi connectivity index (χ0n) is 19.0. The van der Waals surface area contributed by atoms with Gasteiger partial charge in [-0.2, -0.15) is 5.46 Å². The Bertz CT molecular complexity index is 1500. The first-order valence-corrected chi connectivity index (χ1v) is 10.5. The summed E-state index contributed by atoms with van der Waals surface area (Å²) >= 11 is 0. The first kappa shape index (κ1) is 29.7. The van der Waals surface area contributed by atoms with Crippen molar-refractivity contribution in [2.75, 3.05) is 0 Å². The summed E-state index contributed by atoms with van der Waals surface area (Å²) in [6, 6.07) is 1.11. The van der Waals surface area contributed by atoms with Gasteiger partial charge in [0.25, 0.3) is 0 Å². The van der Waals surface area contributed by atoms with Crippen LogP contribution < -0.4 is 21.9 Å². The van der Waals surface area contributed by atoms with Gasteiger partial charge in [0.2, 0.25) is 0 Å². The molecule has 0 aliphatic heterocycles. The van der Waals surface area contributed by atoms with E-state index in [0.29, 0.717) is 12.1 Å². The van der Waals surface area contributed by atoms with E-state index in [2.05, 4.69) is 0 Å². The Labute approximate surface area is 217 Å². The number of hydrogen-bond donors (Lipinski definition) is 1. The molecular formula is C24H5BF15O-. The molecule has 4 aromatic rings. The quantitative estimate of drug-likeness (QED) is 0.153. The molecule has 0 saturated heterocycles. The van der Waals surface area contributed by atoms with E-state index in [9.17, 15) is 44.6 Å². The summed E-state index contributed by atoms with van der Waals surface area (Å²) in [7, 11) is 0. The number of phenols is 1. The molecule has 0 radical (unpaired) electrons. The van der Waals surface area contributed by atoms with Gasteiger partial charge in [-0.3, -0.25) is 0 Å². The monoisotopic (exact) mass is 605 g/mol. The first-order valence-electron chi connectivity index (χ1n) is 10.5. The molecule has 17 heteroatoms. The molecule has 0 bridgehead atoms. The number of aromatic hydroxyl groups is 1. The van der Waals surface area contributed by atoms with Crippen LogP contribution >= 0.6 is 0 Å². The first-order chi connectivity index (χ1) is 19.0. The summed E-state index contributed by atoms with van der Waals surface area (Å²) in [5.41, 5.74) is -9.80. The van der Waals surface area contributed by atoms with E-state index in [-0.39, 0.29) is 12.1 Å². The summed E-state index contributed by atoms with van der Waals surface area (Å²) in [5, 5.41) is 9.59. The summed E-state index contributed by atoms with van der Waals surface area (Å²) in [6.45, 7) is 0. The van der Waals surface area contributed by atoms with Crippen molar-refractivity contribution in [2.24, 2.45) is 0 Å². The van der Waals surface area contributed by atoms with E-state index in [1.807, 2.05) is 0 Å². The van der Waals surface area contributed by atoms with Gasteiger partial charge in [0.1, 0.15) is 46.8 Å². The minimum absolute atomic E-state index is 0.184. The number of rotatable bonds is 4. The lowest BCUT2D eigenvalue weighted by Gasteiger charge is -2.44. The van der Waals surface area contributed by atoms with Gasteiger partial charge in [0.05, 0.1) is 0 Å². The fraction of sp³-hybridized carbons (Fsp3) is 0. The van der Waals surface area contributed by atoms with Gasteiger partial charge in [0, 0.05) is 0 Å². The Balaban J connectivity index is 2.55. The lowest BCUT2D eigenvalue weighted by molar-refractivity contribution is 0.380. The van der Waals surface area contributed by atoms with Crippen LogP contribution in [0.4, 0.5) is 65.9 Å². The number of benzene rings is 4. The average molecular weight is 605 g/mol. The second-order valence-corrected chi connectivity index (χ2v) is 8.41. The lowest BCUT2D eigenvalue weighted by atomic mass is 9.12. The van der Waals surface area contributed by atoms with Gasteiger partial charge in [-0.15, -0.1) is 16.4 Å². The largest absolute Gasteiger partial charge is 0.508 e. The SMILES string of the molecule is Oc1ccc([B-](c2c(F)c(F)c(F)c(F)c2F)(c2c(F)c(F)c(F)c(F)c2F)c2c(F)c(F)c(F)c(F)c2F)cc1. The second kappa shape index (κ2) is 9.96. The van der Waals surface area contributed by atoms with Gasteiger partial charge in [-0.25, -0.2) is 65.9 Å². The van der Waals surface area contributed by atoms with Crippen molar-refractivity contribution in [2.45, 2.75) is 0 Å². The summed E-state index contributed by atoms with van der Waals surface area (Å²) in [5.74, 6) is -47.1. The van der Waals surface area contributed by atoms with Crippen LogP contribution in [0.3, 0.4) is 0 Å². The van der Waals surface area contributed by atoms with Crippen molar-refractivity contribution >= 4 is 28.0 Å². The van der Waals surface area contributed by atoms with Crippen molar-refractivity contribution in [1.82, 2.24) is 0 Å². The van der Waals surface area contributed by atoms with E-state index in [4.69, 9.17) is 0 Å². The van der Waals surface area contributed by atoms with Crippen LogP contribution in [0, 0.1) is 87.3 Å². The normalized spacial score (nSPS) is 11.9. The maximum absolute atomic E-state index is 15.4. The fourth-order valence-electron chi connectivity index (χ4n) is 4.70. The Morgan fingerprint density at radius 2 is 0.512 bits per heavy atom. The van der Waals surface area contributed by atoms with Gasteiger partial charge >= 0.3 is 0 Å². The van der Waals surface area contributed by atoms with Crippen molar-refractivity contribution in [1.29, 1.82) is 0 Å². The van der Waals surface area contributed by atoms with Gasteiger partial charge in [0.15, 0.2) is 52.4 Å². The van der Waals surface area contributed by atoms with Crippen LogP contribution in [0.15, 0.2) is 24.3 Å². The van der Waals surface area contributed by atoms with Crippen LogP contribution in [0.5, 0.6) is 5.75 Å². The maximum Gasteiger partial charge on any atom is 0.200 e.